The Balaban J connectivity index is 1.36. The highest BCUT2D eigenvalue weighted by Crippen LogP contribution is 2.28. The van der Waals surface area contributed by atoms with E-state index in [0.29, 0.717) is 5.69 Å². The molecule has 0 aliphatic carbocycles. The van der Waals surface area contributed by atoms with E-state index in [4.69, 9.17) is 0 Å². The predicted molar refractivity (Wildman–Crippen MR) is 119 cm³/mol. The summed E-state index contributed by atoms with van der Waals surface area (Å²) in [7, 11) is 1.88. The second-order valence-corrected chi connectivity index (χ2v) is 7.50. The lowest BCUT2D eigenvalue weighted by Crippen LogP contribution is -2.14. The second-order valence-electron chi connectivity index (χ2n) is 7.50. The highest BCUT2D eigenvalue weighted by atomic mass is 19.1. The number of hydrogen-bond donors (Lipinski definition) is 1. The first-order valence-electron chi connectivity index (χ1n) is 10.0. The lowest BCUT2D eigenvalue weighted by Gasteiger charge is -2.07. The molecule has 7 nitrogen and oxygen atoms in total. The summed E-state index contributed by atoms with van der Waals surface area (Å²) < 4.78 is 16.6. The summed E-state index contributed by atoms with van der Waals surface area (Å²) in [5.41, 5.74) is 6.01. The fourth-order valence-corrected chi connectivity index (χ4v) is 3.58. The smallest absolute Gasteiger partial charge is 0.228 e. The molecule has 8 heteroatoms. The van der Waals surface area contributed by atoms with E-state index in [1.165, 1.54) is 18.5 Å². The average molecular weight is 426 g/mol. The molecule has 158 valence electrons. The number of hydrogen-bond acceptors (Lipinski definition) is 4. The number of halogens is 1. The van der Waals surface area contributed by atoms with Crippen LogP contribution in [0.25, 0.3) is 27.9 Å². The molecular formula is C24H19FN6O. The van der Waals surface area contributed by atoms with Gasteiger partial charge in [-0.25, -0.2) is 13.9 Å². The van der Waals surface area contributed by atoms with Gasteiger partial charge in [-0.05, 0) is 35.9 Å². The maximum atomic E-state index is 13.0. The first-order chi connectivity index (χ1) is 15.5. The third-order valence-corrected chi connectivity index (χ3v) is 5.16. The van der Waals surface area contributed by atoms with Crippen molar-refractivity contribution in [3.05, 3.63) is 90.9 Å². The summed E-state index contributed by atoms with van der Waals surface area (Å²) in [6.45, 7) is 0. The maximum Gasteiger partial charge on any atom is 0.228 e. The quantitative estimate of drug-likeness (QED) is 0.459. The van der Waals surface area contributed by atoms with Crippen LogP contribution in [-0.2, 0) is 18.3 Å². The Kier molecular flexibility index (Phi) is 4.95. The molecule has 0 aliphatic rings. The van der Waals surface area contributed by atoms with Gasteiger partial charge >= 0.3 is 0 Å². The summed E-state index contributed by atoms with van der Waals surface area (Å²) in [5.74, 6) is -0.486. The largest absolute Gasteiger partial charge is 0.326 e. The Morgan fingerprint density at radius 1 is 0.969 bits per heavy atom. The van der Waals surface area contributed by atoms with E-state index in [0.717, 1.165) is 33.5 Å². The van der Waals surface area contributed by atoms with Gasteiger partial charge < -0.3 is 5.32 Å². The van der Waals surface area contributed by atoms with Crippen LogP contribution in [0.5, 0.6) is 0 Å². The normalized spacial score (nSPS) is 11.1. The number of carbonyl (C=O) groups excluding carboxylic acids is 1. The zero-order valence-corrected chi connectivity index (χ0v) is 17.2. The van der Waals surface area contributed by atoms with Crippen molar-refractivity contribution in [3.8, 4) is 22.4 Å². The van der Waals surface area contributed by atoms with Crippen LogP contribution in [0.1, 0.15) is 5.56 Å². The number of aryl methyl sites for hydroxylation is 1. The SMILES string of the molecule is Cn1cc(-c2cc3c(-c4ccc(NC(=O)Cc5ccc(F)cc5)cc4)ncnn3c2)cn1. The molecule has 5 aromatic rings. The summed E-state index contributed by atoms with van der Waals surface area (Å²) in [6.07, 6.45) is 7.40. The number of carbonyl (C=O) groups is 1. The van der Waals surface area contributed by atoms with Crippen LogP contribution < -0.4 is 5.32 Å². The van der Waals surface area contributed by atoms with Gasteiger partial charge in [0.05, 0.1) is 23.8 Å². The molecule has 1 N–H and O–H groups in total. The molecule has 0 spiro atoms. The van der Waals surface area contributed by atoms with Gasteiger partial charge in [0.2, 0.25) is 5.91 Å². The molecule has 0 saturated carbocycles. The minimum atomic E-state index is -0.320. The first-order valence-corrected chi connectivity index (χ1v) is 10.0. The Labute approximate surface area is 183 Å². The molecule has 3 aromatic heterocycles. The zero-order valence-electron chi connectivity index (χ0n) is 17.2. The molecule has 0 atom stereocenters. The Morgan fingerprint density at radius 2 is 1.75 bits per heavy atom. The van der Waals surface area contributed by atoms with Crippen LogP contribution in [0.15, 0.2) is 79.5 Å². The van der Waals surface area contributed by atoms with Crippen LogP contribution >= 0.6 is 0 Å². The van der Waals surface area contributed by atoms with E-state index >= 15 is 0 Å². The Bertz CT molecular complexity index is 1400. The number of anilines is 1. The molecule has 1 amide bonds. The third-order valence-electron chi connectivity index (χ3n) is 5.16. The summed E-state index contributed by atoms with van der Waals surface area (Å²) in [6, 6.07) is 15.4. The number of amides is 1. The zero-order chi connectivity index (χ0) is 22.1. The van der Waals surface area contributed by atoms with Crippen LogP contribution in [-0.4, -0.2) is 30.3 Å². The minimum Gasteiger partial charge on any atom is -0.326 e. The summed E-state index contributed by atoms with van der Waals surface area (Å²) >= 11 is 0. The molecule has 0 aliphatic heterocycles. The fraction of sp³-hybridized carbons (Fsp3) is 0.0833. The monoisotopic (exact) mass is 426 g/mol. The molecule has 2 aromatic carbocycles. The molecule has 5 rings (SSSR count). The number of nitrogens with one attached hydrogen (secondary N) is 1. The molecular weight excluding hydrogens is 407 g/mol. The molecule has 0 saturated heterocycles. The van der Waals surface area contributed by atoms with Crippen molar-refractivity contribution in [2.24, 2.45) is 7.05 Å². The number of nitrogens with zero attached hydrogens (tertiary/aromatic N) is 5. The van der Waals surface area contributed by atoms with Crippen molar-refractivity contribution in [3.63, 3.8) is 0 Å². The van der Waals surface area contributed by atoms with Crippen molar-refractivity contribution >= 4 is 17.1 Å². The fourth-order valence-electron chi connectivity index (χ4n) is 3.58. The number of benzene rings is 2. The molecule has 0 radical (unpaired) electrons. The summed E-state index contributed by atoms with van der Waals surface area (Å²) in [4.78, 5) is 16.8. The number of rotatable bonds is 5. The first kappa shape index (κ1) is 19.6. The van der Waals surface area contributed by atoms with Gasteiger partial charge in [-0.2, -0.15) is 10.2 Å². The average Bonchev–Trinajstić information content (AvgIpc) is 3.42. The highest BCUT2D eigenvalue weighted by Gasteiger charge is 2.12. The van der Waals surface area contributed by atoms with Gasteiger partial charge in [-0.3, -0.25) is 9.48 Å². The topological polar surface area (TPSA) is 77.1 Å². The van der Waals surface area contributed by atoms with Gasteiger partial charge in [0.1, 0.15) is 12.1 Å². The standard InChI is InChI=1S/C24H19FN6O/c1-30-13-19(12-27-30)18-11-22-24(26-15-28-31(22)14-18)17-4-8-21(9-5-17)29-23(32)10-16-2-6-20(25)7-3-16/h2-9,11-15H,10H2,1H3,(H,29,32). The Morgan fingerprint density at radius 3 is 2.47 bits per heavy atom. The van der Waals surface area contributed by atoms with Crippen molar-refractivity contribution in [1.82, 2.24) is 24.4 Å². The van der Waals surface area contributed by atoms with Gasteiger partial charge in [-0.15, -0.1) is 0 Å². The van der Waals surface area contributed by atoms with Crippen LogP contribution in [0, 0.1) is 5.82 Å². The van der Waals surface area contributed by atoms with E-state index < -0.39 is 0 Å². The molecule has 0 unspecified atom stereocenters. The lowest BCUT2D eigenvalue weighted by molar-refractivity contribution is -0.115. The van der Waals surface area contributed by atoms with Crippen molar-refractivity contribution < 1.29 is 9.18 Å². The van der Waals surface area contributed by atoms with Crippen LogP contribution in [0.3, 0.4) is 0 Å². The van der Waals surface area contributed by atoms with E-state index in [1.54, 1.807) is 21.3 Å². The maximum absolute atomic E-state index is 13.0. The van der Waals surface area contributed by atoms with Crippen molar-refractivity contribution in [2.45, 2.75) is 6.42 Å². The van der Waals surface area contributed by atoms with Gasteiger partial charge in [0, 0.05) is 41.8 Å². The second kappa shape index (κ2) is 8.07. The molecule has 0 bridgehead atoms. The molecule has 32 heavy (non-hydrogen) atoms. The number of aromatic nitrogens is 5. The third kappa shape index (κ3) is 3.98. The lowest BCUT2D eigenvalue weighted by atomic mass is 10.1. The van der Waals surface area contributed by atoms with E-state index in [1.807, 2.05) is 56.0 Å². The number of fused-ring (bicyclic) bond motifs is 1. The molecule has 0 fully saturated rings. The van der Waals surface area contributed by atoms with Gasteiger partial charge in [0.25, 0.3) is 0 Å². The van der Waals surface area contributed by atoms with Crippen molar-refractivity contribution in [1.29, 1.82) is 0 Å². The van der Waals surface area contributed by atoms with Crippen molar-refractivity contribution in [2.75, 3.05) is 5.32 Å². The predicted octanol–water partition coefficient (Wildman–Crippen LogP) is 4.12. The van der Waals surface area contributed by atoms with Gasteiger partial charge in [0.15, 0.2) is 0 Å². The van der Waals surface area contributed by atoms with Crippen LogP contribution in [0.2, 0.25) is 0 Å². The summed E-state index contributed by atoms with van der Waals surface area (Å²) in [5, 5.41) is 11.4. The molecule has 3 heterocycles. The highest BCUT2D eigenvalue weighted by molar-refractivity contribution is 5.92. The minimum absolute atomic E-state index is 0.165. The van der Waals surface area contributed by atoms with E-state index in [2.05, 4.69) is 20.5 Å². The van der Waals surface area contributed by atoms with E-state index in [-0.39, 0.29) is 18.1 Å². The van der Waals surface area contributed by atoms with E-state index in [9.17, 15) is 9.18 Å². The van der Waals surface area contributed by atoms with Crippen LogP contribution in [0.4, 0.5) is 10.1 Å². The van der Waals surface area contributed by atoms with Gasteiger partial charge in [-0.1, -0.05) is 24.3 Å². The Hall–Kier alpha value is -4.33.